The minimum Gasteiger partial charge on any atom is -0.506 e. The van der Waals surface area contributed by atoms with Gasteiger partial charge in [0.25, 0.3) is 0 Å². The minimum absolute atomic E-state index is 0.139. The molecule has 26 heavy (non-hydrogen) atoms. The molecule has 4 aromatic rings. The van der Waals surface area contributed by atoms with Crippen molar-refractivity contribution in [2.45, 2.75) is 12.3 Å². The molecule has 0 aliphatic rings. The molecule has 5 heteroatoms. The van der Waals surface area contributed by atoms with Crippen molar-refractivity contribution in [1.29, 1.82) is 0 Å². The smallest absolute Gasteiger partial charge is 0.145 e. The predicted octanol–water partition coefficient (Wildman–Crippen LogP) is 3.81. The van der Waals surface area contributed by atoms with Gasteiger partial charge in [0.05, 0.1) is 5.69 Å². The molecule has 0 saturated heterocycles. The van der Waals surface area contributed by atoms with Gasteiger partial charge in [0.2, 0.25) is 0 Å². The predicted molar refractivity (Wildman–Crippen MR) is 99.1 cm³/mol. The van der Waals surface area contributed by atoms with Gasteiger partial charge in [0.1, 0.15) is 17.0 Å². The van der Waals surface area contributed by atoms with Gasteiger partial charge >= 0.3 is 0 Å². The molecule has 3 aromatic heterocycles. The van der Waals surface area contributed by atoms with Crippen molar-refractivity contribution < 1.29 is 10.2 Å². The monoisotopic (exact) mass is 343 g/mol. The summed E-state index contributed by atoms with van der Waals surface area (Å²) in [7, 11) is 0. The number of hydrogen-bond acceptors (Lipinski definition) is 5. The van der Waals surface area contributed by atoms with E-state index in [1.807, 2.05) is 36.4 Å². The molecule has 0 amide bonds. The fourth-order valence-electron chi connectivity index (χ4n) is 3.20. The second-order valence-corrected chi connectivity index (χ2v) is 6.09. The molecule has 0 spiro atoms. The number of phenols is 1. The lowest BCUT2D eigenvalue weighted by Gasteiger charge is -2.19. The van der Waals surface area contributed by atoms with Gasteiger partial charge in [0.15, 0.2) is 0 Å². The van der Waals surface area contributed by atoms with E-state index < -0.39 is 0 Å². The molecule has 1 unspecified atom stereocenters. The third kappa shape index (κ3) is 2.95. The van der Waals surface area contributed by atoms with Gasteiger partial charge in [-0.2, -0.15) is 0 Å². The number of benzene rings is 1. The molecule has 128 valence electrons. The maximum absolute atomic E-state index is 10.9. The summed E-state index contributed by atoms with van der Waals surface area (Å²) < 4.78 is 0. The van der Waals surface area contributed by atoms with Crippen LogP contribution in [0.1, 0.15) is 22.7 Å². The largest absolute Gasteiger partial charge is 0.506 e. The molecule has 1 aromatic carbocycles. The number of hydrogen-bond donors (Lipinski definition) is 2. The molecule has 4 rings (SSSR count). The summed E-state index contributed by atoms with van der Waals surface area (Å²) in [5.41, 5.74) is 2.79. The van der Waals surface area contributed by atoms with Crippen molar-refractivity contribution in [2.24, 2.45) is 0 Å². The second-order valence-electron chi connectivity index (χ2n) is 6.09. The van der Waals surface area contributed by atoms with E-state index in [4.69, 9.17) is 0 Å². The number of aromatic nitrogens is 3. The van der Waals surface area contributed by atoms with Crippen molar-refractivity contribution in [2.75, 3.05) is 0 Å². The summed E-state index contributed by atoms with van der Waals surface area (Å²) in [6.45, 7) is 0. The second kappa shape index (κ2) is 6.80. The number of pyridine rings is 3. The highest BCUT2D eigenvalue weighted by Crippen LogP contribution is 2.38. The highest BCUT2D eigenvalue weighted by molar-refractivity contribution is 5.85. The van der Waals surface area contributed by atoms with Crippen LogP contribution in [0.15, 0.2) is 73.3 Å². The van der Waals surface area contributed by atoms with Crippen molar-refractivity contribution in [1.82, 2.24) is 15.0 Å². The molecule has 0 bridgehead atoms. The Morgan fingerprint density at radius 2 is 1.65 bits per heavy atom. The zero-order chi connectivity index (χ0) is 17.9. The van der Waals surface area contributed by atoms with Crippen LogP contribution in [-0.4, -0.2) is 25.2 Å². The first kappa shape index (κ1) is 16.0. The lowest BCUT2D eigenvalue weighted by molar-refractivity contribution is 0.457. The van der Waals surface area contributed by atoms with E-state index >= 15 is 0 Å². The number of aromatic hydroxyl groups is 2. The third-order valence-corrected chi connectivity index (χ3v) is 4.50. The molecule has 2 N–H and O–H groups in total. The molecule has 0 fully saturated rings. The zero-order valence-corrected chi connectivity index (χ0v) is 13.9. The Labute approximate surface area is 150 Å². The van der Waals surface area contributed by atoms with E-state index in [1.54, 1.807) is 36.9 Å². The van der Waals surface area contributed by atoms with Crippen molar-refractivity contribution >= 4 is 10.9 Å². The van der Waals surface area contributed by atoms with Crippen molar-refractivity contribution in [3.8, 4) is 11.5 Å². The van der Waals surface area contributed by atoms with E-state index in [1.165, 1.54) is 0 Å². The average Bonchev–Trinajstić information content (AvgIpc) is 2.69. The fraction of sp³-hybridized carbons (Fsp3) is 0.0952. The summed E-state index contributed by atoms with van der Waals surface area (Å²) in [6, 6.07) is 14.7. The quantitative estimate of drug-likeness (QED) is 0.589. The first-order valence-corrected chi connectivity index (χ1v) is 8.33. The van der Waals surface area contributed by atoms with E-state index in [0.717, 1.165) is 16.5 Å². The van der Waals surface area contributed by atoms with Gasteiger partial charge < -0.3 is 10.2 Å². The number of phenolic OH excluding ortho intramolecular Hbond substituents is 1. The molecule has 3 heterocycles. The van der Waals surface area contributed by atoms with Crippen LogP contribution < -0.4 is 0 Å². The standard InChI is InChI=1S/C21H17N3O2/c25-19-6-3-10-23-18(19)12-17(15-5-1-9-22-13-15)16-8-7-14-4-2-11-24-20(14)21(16)26/h1-11,13,17,25-26H,12H2. The highest BCUT2D eigenvalue weighted by Gasteiger charge is 2.22. The number of rotatable bonds is 4. The molecule has 0 aliphatic heterocycles. The fourth-order valence-corrected chi connectivity index (χ4v) is 3.20. The van der Waals surface area contributed by atoms with E-state index in [2.05, 4.69) is 15.0 Å². The maximum Gasteiger partial charge on any atom is 0.145 e. The Balaban J connectivity index is 1.86. The molecule has 5 nitrogen and oxygen atoms in total. The Morgan fingerprint density at radius 3 is 2.46 bits per heavy atom. The Kier molecular flexibility index (Phi) is 4.19. The van der Waals surface area contributed by atoms with Crippen LogP contribution >= 0.6 is 0 Å². The molecular weight excluding hydrogens is 326 g/mol. The van der Waals surface area contributed by atoms with Crippen LogP contribution in [0.25, 0.3) is 10.9 Å². The topological polar surface area (TPSA) is 79.1 Å². The normalized spacial score (nSPS) is 12.2. The van der Waals surface area contributed by atoms with Crippen molar-refractivity contribution in [3.05, 3.63) is 90.1 Å². The number of nitrogens with zero attached hydrogens (tertiary/aromatic N) is 3. The minimum atomic E-state index is -0.212. The number of fused-ring (bicyclic) bond motifs is 1. The lowest BCUT2D eigenvalue weighted by Crippen LogP contribution is -2.07. The SMILES string of the molecule is Oc1cccnc1CC(c1cccnc1)c1ccc2cccnc2c1O. The van der Waals surface area contributed by atoms with Gasteiger partial charge in [-0.1, -0.05) is 24.3 Å². The van der Waals surface area contributed by atoms with E-state index in [-0.39, 0.29) is 17.4 Å². The Hall–Kier alpha value is -3.47. The molecular formula is C21H17N3O2. The summed E-state index contributed by atoms with van der Waals surface area (Å²) in [5, 5.41) is 21.9. The molecule has 0 saturated carbocycles. The van der Waals surface area contributed by atoms with Gasteiger partial charge in [-0.05, 0) is 29.8 Å². The first-order chi connectivity index (χ1) is 12.7. The summed E-state index contributed by atoms with van der Waals surface area (Å²) in [5.74, 6) is 0.0723. The van der Waals surface area contributed by atoms with Crippen LogP contribution in [0.4, 0.5) is 0 Å². The van der Waals surface area contributed by atoms with Gasteiger partial charge in [-0.15, -0.1) is 0 Å². The van der Waals surface area contributed by atoms with Crippen molar-refractivity contribution in [3.63, 3.8) is 0 Å². The van der Waals surface area contributed by atoms with E-state index in [0.29, 0.717) is 17.6 Å². The summed E-state index contributed by atoms with van der Waals surface area (Å²) in [4.78, 5) is 12.8. The van der Waals surface area contributed by atoms with Gasteiger partial charge in [-0.25, -0.2) is 0 Å². The summed E-state index contributed by atoms with van der Waals surface area (Å²) in [6.07, 6.45) is 7.23. The molecule has 0 radical (unpaired) electrons. The molecule has 0 aliphatic carbocycles. The van der Waals surface area contributed by atoms with Crippen LogP contribution in [-0.2, 0) is 6.42 Å². The Bertz CT molecular complexity index is 1050. The highest BCUT2D eigenvalue weighted by atomic mass is 16.3. The van der Waals surface area contributed by atoms with Crippen LogP contribution in [0.5, 0.6) is 11.5 Å². The zero-order valence-electron chi connectivity index (χ0n) is 13.9. The summed E-state index contributed by atoms with van der Waals surface area (Å²) >= 11 is 0. The first-order valence-electron chi connectivity index (χ1n) is 8.33. The third-order valence-electron chi connectivity index (χ3n) is 4.50. The van der Waals surface area contributed by atoms with E-state index in [9.17, 15) is 10.2 Å². The molecule has 1 atom stereocenters. The van der Waals surface area contributed by atoms with Crippen LogP contribution in [0.2, 0.25) is 0 Å². The van der Waals surface area contributed by atoms with Gasteiger partial charge in [0, 0.05) is 48.1 Å². The Morgan fingerprint density at radius 1 is 0.846 bits per heavy atom. The van der Waals surface area contributed by atoms with Crippen LogP contribution in [0.3, 0.4) is 0 Å². The maximum atomic E-state index is 10.9. The van der Waals surface area contributed by atoms with Crippen LogP contribution in [0, 0.1) is 0 Å². The van der Waals surface area contributed by atoms with Gasteiger partial charge in [-0.3, -0.25) is 15.0 Å². The average molecular weight is 343 g/mol. The lowest BCUT2D eigenvalue weighted by atomic mass is 9.86.